The van der Waals surface area contributed by atoms with Crippen molar-refractivity contribution in [3.05, 3.63) is 0 Å². The summed E-state index contributed by atoms with van der Waals surface area (Å²) in [6.07, 6.45) is 0.196. The van der Waals surface area contributed by atoms with Gasteiger partial charge in [-0.3, -0.25) is 4.79 Å². The van der Waals surface area contributed by atoms with Crippen molar-refractivity contribution in [3.63, 3.8) is 0 Å². The number of hydrogen-bond acceptors (Lipinski definition) is 4. The first-order valence-electron chi connectivity index (χ1n) is 5.21. The Balaban J connectivity index is 3.51. The summed E-state index contributed by atoms with van der Waals surface area (Å²) >= 11 is 0. The van der Waals surface area contributed by atoms with E-state index in [0.717, 1.165) is 0 Å². The second-order valence-electron chi connectivity index (χ2n) is 3.58. The Labute approximate surface area is 91.5 Å². The van der Waals surface area contributed by atoms with E-state index < -0.39 is 0 Å². The molecule has 0 radical (unpaired) electrons. The monoisotopic (exact) mass is 218 g/mol. The highest BCUT2D eigenvalue weighted by molar-refractivity contribution is 5.77. The molecule has 0 aliphatic heterocycles. The van der Waals surface area contributed by atoms with Gasteiger partial charge >= 0.3 is 0 Å². The van der Waals surface area contributed by atoms with Crippen molar-refractivity contribution in [2.45, 2.75) is 20.0 Å². The number of carbonyl (C=O) groups is 1. The zero-order chi connectivity index (χ0) is 11.7. The molecule has 0 aromatic rings. The van der Waals surface area contributed by atoms with E-state index >= 15 is 0 Å². The first-order valence-corrected chi connectivity index (χ1v) is 5.21. The fraction of sp³-hybridized carbons (Fsp3) is 0.900. The number of ether oxygens (including phenoxy) is 2. The number of carbonyl (C=O) groups excluding carboxylic acids is 1. The minimum Gasteiger partial charge on any atom is -0.377 e. The van der Waals surface area contributed by atoms with Crippen LogP contribution in [0.4, 0.5) is 0 Å². The van der Waals surface area contributed by atoms with Gasteiger partial charge in [0, 0.05) is 20.1 Å². The standard InChI is InChI=1S/C10H22N2O3/c1-9(2)15-7-5-12(3)10(13)8-14-6-4-11/h9H,4-8,11H2,1-3H3. The van der Waals surface area contributed by atoms with E-state index in [4.69, 9.17) is 15.2 Å². The summed E-state index contributed by atoms with van der Waals surface area (Å²) in [6.45, 7) is 6.02. The van der Waals surface area contributed by atoms with Crippen LogP contribution in [0.25, 0.3) is 0 Å². The number of likely N-dealkylation sites (N-methyl/N-ethyl adjacent to an activating group) is 1. The first kappa shape index (κ1) is 14.3. The Morgan fingerprint density at radius 2 is 2.07 bits per heavy atom. The van der Waals surface area contributed by atoms with Crippen molar-refractivity contribution < 1.29 is 14.3 Å². The van der Waals surface area contributed by atoms with E-state index in [1.807, 2.05) is 13.8 Å². The summed E-state index contributed by atoms with van der Waals surface area (Å²) in [5, 5.41) is 0. The third-order valence-corrected chi connectivity index (χ3v) is 1.79. The molecular formula is C10H22N2O3. The van der Waals surface area contributed by atoms with E-state index in [9.17, 15) is 4.79 Å². The summed E-state index contributed by atoms with van der Waals surface area (Å²) in [4.78, 5) is 13.0. The van der Waals surface area contributed by atoms with Gasteiger partial charge in [-0.15, -0.1) is 0 Å². The zero-order valence-corrected chi connectivity index (χ0v) is 9.86. The maximum atomic E-state index is 11.4. The number of amides is 1. The molecule has 0 saturated heterocycles. The predicted molar refractivity (Wildman–Crippen MR) is 58.6 cm³/mol. The SMILES string of the molecule is CC(C)OCCN(C)C(=O)COCCN. The minimum absolute atomic E-state index is 0.0455. The van der Waals surface area contributed by atoms with Gasteiger partial charge in [0.15, 0.2) is 0 Å². The second kappa shape index (κ2) is 8.64. The molecule has 0 aliphatic rings. The van der Waals surface area contributed by atoms with Crippen LogP contribution < -0.4 is 5.73 Å². The van der Waals surface area contributed by atoms with E-state index in [1.54, 1.807) is 11.9 Å². The van der Waals surface area contributed by atoms with Crippen LogP contribution in [0.1, 0.15) is 13.8 Å². The molecule has 0 atom stereocenters. The Bertz CT molecular complexity index is 174. The van der Waals surface area contributed by atoms with Crippen molar-refractivity contribution in [2.24, 2.45) is 5.73 Å². The maximum Gasteiger partial charge on any atom is 0.248 e. The van der Waals surface area contributed by atoms with Crippen molar-refractivity contribution in [3.8, 4) is 0 Å². The van der Waals surface area contributed by atoms with E-state index in [0.29, 0.717) is 26.3 Å². The lowest BCUT2D eigenvalue weighted by Gasteiger charge is -2.17. The molecule has 0 unspecified atom stereocenters. The quantitative estimate of drug-likeness (QED) is 0.575. The summed E-state index contributed by atoms with van der Waals surface area (Å²) < 4.78 is 10.4. The summed E-state index contributed by atoms with van der Waals surface area (Å²) in [5.41, 5.74) is 5.23. The lowest BCUT2D eigenvalue weighted by molar-refractivity contribution is -0.135. The minimum atomic E-state index is -0.0455. The molecule has 0 aromatic carbocycles. The average molecular weight is 218 g/mol. The van der Waals surface area contributed by atoms with Crippen LogP contribution in [0, 0.1) is 0 Å². The summed E-state index contributed by atoms with van der Waals surface area (Å²) in [6, 6.07) is 0. The Morgan fingerprint density at radius 3 is 2.60 bits per heavy atom. The highest BCUT2D eigenvalue weighted by atomic mass is 16.5. The number of nitrogens with two attached hydrogens (primary N) is 1. The smallest absolute Gasteiger partial charge is 0.248 e. The van der Waals surface area contributed by atoms with Crippen LogP contribution >= 0.6 is 0 Å². The molecule has 0 aromatic heterocycles. The van der Waals surface area contributed by atoms with Gasteiger partial charge < -0.3 is 20.1 Å². The van der Waals surface area contributed by atoms with Gasteiger partial charge in [0.2, 0.25) is 5.91 Å². The highest BCUT2D eigenvalue weighted by Gasteiger charge is 2.08. The number of hydrogen-bond donors (Lipinski definition) is 1. The van der Waals surface area contributed by atoms with E-state index in [-0.39, 0.29) is 18.6 Å². The topological polar surface area (TPSA) is 64.8 Å². The van der Waals surface area contributed by atoms with Crippen molar-refractivity contribution in [1.82, 2.24) is 4.90 Å². The van der Waals surface area contributed by atoms with Crippen molar-refractivity contribution in [2.75, 3.05) is 40.0 Å². The largest absolute Gasteiger partial charge is 0.377 e. The van der Waals surface area contributed by atoms with Gasteiger partial charge in [-0.05, 0) is 13.8 Å². The molecule has 0 spiro atoms. The number of nitrogens with zero attached hydrogens (tertiary/aromatic N) is 1. The molecule has 5 heteroatoms. The predicted octanol–water partition coefficient (Wildman–Crippen LogP) is -0.155. The fourth-order valence-electron chi connectivity index (χ4n) is 0.903. The Morgan fingerprint density at radius 1 is 1.40 bits per heavy atom. The Hall–Kier alpha value is -0.650. The van der Waals surface area contributed by atoms with Gasteiger partial charge in [0.1, 0.15) is 6.61 Å². The molecule has 0 aliphatic carbocycles. The Kier molecular flexibility index (Phi) is 8.27. The van der Waals surface area contributed by atoms with Gasteiger partial charge in [-0.1, -0.05) is 0 Å². The molecule has 90 valence electrons. The molecule has 0 heterocycles. The summed E-state index contributed by atoms with van der Waals surface area (Å²) in [5.74, 6) is -0.0455. The lowest BCUT2D eigenvalue weighted by Crippen LogP contribution is -2.34. The van der Waals surface area contributed by atoms with Crippen LogP contribution in [-0.4, -0.2) is 56.9 Å². The molecule has 0 bridgehead atoms. The van der Waals surface area contributed by atoms with Gasteiger partial charge in [0.05, 0.1) is 19.3 Å². The van der Waals surface area contributed by atoms with E-state index in [1.165, 1.54) is 0 Å². The molecule has 2 N–H and O–H groups in total. The third kappa shape index (κ3) is 8.35. The molecule has 15 heavy (non-hydrogen) atoms. The summed E-state index contributed by atoms with van der Waals surface area (Å²) in [7, 11) is 1.73. The van der Waals surface area contributed by atoms with Crippen molar-refractivity contribution in [1.29, 1.82) is 0 Å². The van der Waals surface area contributed by atoms with Gasteiger partial charge in [0.25, 0.3) is 0 Å². The average Bonchev–Trinajstić information content (AvgIpc) is 2.17. The van der Waals surface area contributed by atoms with Crippen LogP contribution in [0.2, 0.25) is 0 Å². The molecule has 0 fully saturated rings. The van der Waals surface area contributed by atoms with Crippen LogP contribution in [0.3, 0.4) is 0 Å². The van der Waals surface area contributed by atoms with Crippen LogP contribution in [0.5, 0.6) is 0 Å². The van der Waals surface area contributed by atoms with Crippen molar-refractivity contribution >= 4 is 5.91 Å². The fourth-order valence-corrected chi connectivity index (χ4v) is 0.903. The molecule has 1 amide bonds. The molecule has 0 rings (SSSR count). The lowest BCUT2D eigenvalue weighted by atomic mass is 10.4. The normalized spacial score (nSPS) is 10.7. The second-order valence-corrected chi connectivity index (χ2v) is 3.58. The first-order chi connectivity index (χ1) is 7.07. The molecular weight excluding hydrogens is 196 g/mol. The van der Waals surface area contributed by atoms with E-state index in [2.05, 4.69) is 0 Å². The maximum absolute atomic E-state index is 11.4. The van der Waals surface area contributed by atoms with Crippen LogP contribution in [-0.2, 0) is 14.3 Å². The number of rotatable bonds is 8. The van der Waals surface area contributed by atoms with Crippen LogP contribution in [0.15, 0.2) is 0 Å². The molecule has 5 nitrogen and oxygen atoms in total. The van der Waals surface area contributed by atoms with Gasteiger partial charge in [-0.2, -0.15) is 0 Å². The third-order valence-electron chi connectivity index (χ3n) is 1.79. The zero-order valence-electron chi connectivity index (χ0n) is 9.86. The van der Waals surface area contributed by atoms with Gasteiger partial charge in [-0.25, -0.2) is 0 Å². The highest BCUT2D eigenvalue weighted by Crippen LogP contribution is 1.91. The molecule has 0 saturated carbocycles.